The molecule has 0 unspecified atom stereocenters. The summed E-state index contributed by atoms with van der Waals surface area (Å²) in [6, 6.07) is 0. The van der Waals surface area contributed by atoms with Crippen LogP contribution in [0.25, 0.3) is 0 Å². The lowest BCUT2D eigenvalue weighted by Crippen LogP contribution is -2.62. The zero-order valence-corrected chi connectivity index (χ0v) is 18.6. The van der Waals surface area contributed by atoms with Gasteiger partial charge in [-0.05, 0) is 91.3 Å². The van der Waals surface area contributed by atoms with Crippen molar-refractivity contribution in [3.63, 3.8) is 0 Å². The highest BCUT2D eigenvalue weighted by atomic mass is 16.3. The van der Waals surface area contributed by atoms with Crippen molar-refractivity contribution in [3.8, 4) is 0 Å². The van der Waals surface area contributed by atoms with Crippen LogP contribution in [0.2, 0.25) is 0 Å². The molecule has 0 aliphatic heterocycles. The van der Waals surface area contributed by atoms with Crippen LogP contribution in [0.3, 0.4) is 0 Å². The van der Waals surface area contributed by atoms with Crippen LogP contribution in [0.5, 0.6) is 0 Å². The average molecular weight is 393 g/mol. The largest absolute Gasteiger partial charge is 0.393 e. The quantitative estimate of drug-likeness (QED) is 0.645. The maximum absolute atomic E-state index is 11.5. The summed E-state index contributed by atoms with van der Waals surface area (Å²) in [5.74, 6) is 2.86. The molecule has 3 heteroatoms. The molecular weight excluding hydrogens is 348 g/mol. The topological polar surface area (TPSA) is 60.7 Å². The zero-order chi connectivity index (χ0) is 20.3. The molecule has 0 heterocycles. The molecule has 0 aromatic carbocycles. The molecule has 3 nitrogen and oxygen atoms in total. The van der Waals surface area contributed by atoms with E-state index >= 15 is 0 Å². The van der Waals surface area contributed by atoms with E-state index in [1.165, 1.54) is 32.1 Å². The highest BCUT2D eigenvalue weighted by Gasteiger charge is 2.65. The van der Waals surface area contributed by atoms with Gasteiger partial charge in [-0.15, -0.1) is 0 Å². The summed E-state index contributed by atoms with van der Waals surface area (Å²) < 4.78 is 0. The van der Waals surface area contributed by atoms with Gasteiger partial charge >= 0.3 is 0 Å². The lowest BCUT2D eigenvalue weighted by atomic mass is 9.43. The standard InChI is InChI=1S/C25H44O3/c1-5-6-7-15(2)18-8-9-19-23-20(14-22(28)25(18,19)4)24(3)11-10-17(26)12-16(24)13-21(23)27/h15-23,26-28H,5-14H2,1-4H3/t15-,16-,17-,18+,19-,20-,21+,22-,23-,24-,25+/m0/s1. The molecule has 4 fully saturated rings. The summed E-state index contributed by atoms with van der Waals surface area (Å²) in [5.41, 5.74) is 0.143. The van der Waals surface area contributed by atoms with Crippen LogP contribution in [-0.2, 0) is 0 Å². The number of unbranched alkanes of at least 4 members (excludes halogenated alkanes) is 1. The highest BCUT2D eigenvalue weighted by molar-refractivity contribution is 5.14. The lowest BCUT2D eigenvalue weighted by Gasteiger charge is -2.63. The predicted octanol–water partition coefficient (Wildman–Crippen LogP) is 4.77. The normalized spacial score (nSPS) is 54.5. The van der Waals surface area contributed by atoms with Crippen molar-refractivity contribution < 1.29 is 15.3 Å². The first-order chi connectivity index (χ1) is 13.2. The minimum atomic E-state index is -0.255. The number of aliphatic hydroxyl groups is 3. The third-order valence-corrected chi connectivity index (χ3v) is 10.5. The molecule has 28 heavy (non-hydrogen) atoms. The summed E-state index contributed by atoms with van der Waals surface area (Å²) in [5, 5.41) is 33.1. The Morgan fingerprint density at radius 3 is 2.43 bits per heavy atom. The molecule has 4 aliphatic carbocycles. The van der Waals surface area contributed by atoms with Crippen molar-refractivity contribution in [1.82, 2.24) is 0 Å². The maximum atomic E-state index is 11.5. The van der Waals surface area contributed by atoms with Crippen molar-refractivity contribution >= 4 is 0 Å². The first kappa shape index (κ1) is 21.1. The highest BCUT2D eigenvalue weighted by Crippen LogP contribution is 2.68. The van der Waals surface area contributed by atoms with Gasteiger partial charge in [0, 0.05) is 0 Å². The van der Waals surface area contributed by atoms with E-state index in [0.29, 0.717) is 35.5 Å². The molecule has 0 saturated heterocycles. The van der Waals surface area contributed by atoms with Crippen LogP contribution in [0.15, 0.2) is 0 Å². The van der Waals surface area contributed by atoms with Crippen LogP contribution in [0.4, 0.5) is 0 Å². The van der Waals surface area contributed by atoms with Gasteiger partial charge in [-0.1, -0.05) is 47.0 Å². The third-order valence-electron chi connectivity index (χ3n) is 10.5. The summed E-state index contributed by atoms with van der Waals surface area (Å²) in [7, 11) is 0. The van der Waals surface area contributed by atoms with Crippen molar-refractivity contribution in [2.45, 2.75) is 110 Å². The Labute approximate surface area is 172 Å². The number of hydrogen-bond donors (Lipinski definition) is 3. The van der Waals surface area contributed by atoms with Gasteiger partial charge in [0.1, 0.15) is 0 Å². The van der Waals surface area contributed by atoms with Gasteiger partial charge in [0.15, 0.2) is 0 Å². The molecule has 4 saturated carbocycles. The Bertz CT molecular complexity index is 564. The van der Waals surface area contributed by atoms with E-state index in [9.17, 15) is 15.3 Å². The van der Waals surface area contributed by atoms with Crippen LogP contribution in [-0.4, -0.2) is 33.6 Å². The molecule has 4 rings (SSSR count). The zero-order valence-electron chi connectivity index (χ0n) is 18.6. The second-order valence-corrected chi connectivity index (χ2v) is 11.6. The van der Waals surface area contributed by atoms with Crippen molar-refractivity contribution in [2.75, 3.05) is 0 Å². The molecule has 0 aromatic rings. The first-order valence-corrected chi connectivity index (χ1v) is 12.3. The molecule has 0 radical (unpaired) electrons. The molecule has 162 valence electrons. The van der Waals surface area contributed by atoms with Crippen molar-refractivity contribution in [3.05, 3.63) is 0 Å². The van der Waals surface area contributed by atoms with Crippen LogP contribution >= 0.6 is 0 Å². The molecular formula is C25H44O3. The predicted molar refractivity (Wildman–Crippen MR) is 113 cm³/mol. The number of hydrogen-bond acceptors (Lipinski definition) is 3. The fourth-order valence-corrected chi connectivity index (χ4v) is 8.86. The lowest BCUT2D eigenvalue weighted by molar-refractivity contribution is -0.207. The molecule has 0 bridgehead atoms. The van der Waals surface area contributed by atoms with Gasteiger partial charge in [0.2, 0.25) is 0 Å². The number of aliphatic hydroxyl groups excluding tert-OH is 3. The second-order valence-electron chi connectivity index (χ2n) is 11.6. The van der Waals surface area contributed by atoms with E-state index in [1.807, 2.05) is 0 Å². The molecule has 0 aromatic heterocycles. The van der Waals surface area contributed by atoms with Crippen LogP contribution < -0.4 is 0 Å². The Morgan fingerprint density at radius 2 is 1.71 bits per heavy atom. The smallest absolute Gasteiger partial charge is 0.0602 e. The third kappa shape index (κ3) is 3.02. The summed E-state index contributed by atoms with van der Waals surface area (Å²) in [6.07, 6.45) is 9.99. The van der Waals surface area contributed by atoms with E-state index < -0.39 is 0 Å². The van der Waals surface area contributed by atoms with Gasteiger partial charge in [-0.3, -0.25) is 0 Å². The van der Waals surface area contributed by atoms with Gasteiger partial charge in [-0.2, -0.15) is 0 Å². The average Bonchev–Trinajstić information content (AvgIpc) is 3.01. The van der Waals surface area contributed by atoms with E-state index in [4.69, 9.17) is 0 Å². The fourth-order valence-electron chi connectivity index (χ4n) is 8.86. The SMILES string of the molecule is CCCC[C@H](C)[C@H]1CC[C@H]2[C@@H]3[C@H](O)C[C@@H]4C[C@@H](O)CC[C@]4(C)[C@H]3C[C@H](O)[C@]12C. The van der Waals surface area contributed by atoms with Crippen LogP contribution in [0, 0.1) is 46.3 Å². The molecule has 0 spiro atoms. The Balaban J connectivity index is 1.62. The monoisotopic (exact) mass is 392 g/mol. The fraction of sp³-hybridized carbons (Fsp3) is 1.00. The van der Waals surface area contributed by atoms with Gasteiger partial charge in [0.25, 0.3) is 0 Å². The minimum absolute atomic E-state index is 0.0350. The van der Waals surface area contributed by atoms with Crippen molar-refractivity contribution in [1.29, 1.82) is 0 Å². The van der Waals surface area contributed by atoms with E-state index in [-0.39, 0.29) is 29.1 Å². The summed E-state index contributed by atoms with van der Waals surface area (Å²) in [6.45, 7) is 9.45. The Morgan fingerprint density at radius 1 is 0.964 bits per heavy atom. The van der Waals surface area contributed by atoms with Gasteiger partial charge < -0.3 is 15.3 Å². The first-order valence-electron chi connectivity index (χ1n) is 12.3. The van der Waals surface area contributed by atoms with Gasteiger partial charge in [0.05, 0.1) is 18.3 Å². The molecule has 0 amide bonds. The second kappa shape index (κ2) is 7.54. The number of rotatable bonds is 4. The van der Waals surface area contributed by atoms with Crippen molar-refractivity contribution in [2.24, 2.45) is 46.3 Å². The molecule has 4 aliphatic rings. The minimum Gasteiger partial charge on any atom is -0.393 e. The Kier molecular flexibility index (Phi) is 5.69. The maximum Gasteiger partial charge on any atom is 0.0602 e. The van der Waals surface area contributed by atoms with Crippen LogP contribution in [0.1, 0.15) is 91.9 Å². The summed E-state index contributed by atoms with van der Waals surface area (Å²) in [4.78, 5) is 0. The Hall–Kier alpha value is -0.120. The summed E-state index contributed by atoms with van der Waals surface area (Å²) >= 11 is 0. The van der Waals surface area contributed by atoms with Gasteiger partial charge in [-0.25, -0.2) is 0 Å². The number of fused-ring (bicyclic) bond motifs is 5. The van der Waals surface area contributed by atoms with E-state index in [0.717, 1.165) is 32.1 Å². The molecule has 3 N–H and O–H groups in total. The molecule has 11 atom stereocenters. The van der Waals surface area contributed by atoms with E-state index in [2.05, 4.69) is 27.7 Å². The van der Waals surface area contributed by atoms with E-state index in [1.54, 1.807) is 0 Å².